The summed E-state index contributed by atoms with van der Waals surface area (Å²) in [6.07, 6.45) is 12.6. The van der Waals surface area contributed by atoms with E-state index in [9.17, 15) is 0 Å². The predicted molar refractivity (Wildman–Crippen MR) is 136 cm³/mol. The van der Waals surface area contributed by atoms with Crippen LogP contribution in [0.5, 0.6) is 0 Å². The van der Waals surface area contributed by atoms with E-state index in [1.54, 1.807) is 5.56 Å². The molecule has 1 unspecified atom stereocenters. The number of benzene rings is 2. The van der Waals surface area contributed by atoms with Crippen molar-refractivity contribution in [3.05, 3.63) is 83.5 Å². The summed E-state index contributed by atoms with van der Waals surface area (Å²) in [6, 6.07) is 19.6. The maximum absolute atomic E-state index is 6.62. The molecule has 1 nitrogen and oxygen atoms in total. The molecule has 0 fully saturated rings. The van der Waals surface area contributed by atoms with Crippen LogP contribution in [0.25, 0.3) is 11.1 Å². The molecule has 0 amide bonds. The largest absolute Gasteiger partial charge is 0.417 e. The second-order valence-electron chi connectivity index (χ2n) is 9.57. The Bertz CT molecular complexity index is 948. The molecule has 0 radical (unpaired) electrons. The van der Waals surface area contributed by atoms with E-state index in [0.29, 0.717) is 5.92 Å². The molecule has 2 aliphatic rings. The molecule has 164 valence electrons. The van der Waals surface area contributed by atoms with Crippen molar-refractivity contribution >= 4 is 8.32 Å². The SMILES string of the molecule is CC[Si](CC)(CC)OCCCC(C)(c1cccc2c1Cc1ccccc1-2)C1C=CC=C1. The smallest absolute Gasteiger partial charge is 0.191 e. The first kappa shape index (κ1) is 22.3. The molecule has 0 saturated carbocycles. The van der Waals surface area contributed by atoms with Crippen LogP contribution in [0.4, 0.5) is 0 Å². The molecule has 0 aromatic heterocycles. The van der Waals surface area contributed by atoms with Gasteiger partial charge in [-0.25, -0.2) is 0 Å². The van der Waals surface area contributed by atoms with Crippen molar-refractivity contribution < 1.29 is 4.43 Å². The van der Waals surface area contributed by atoms with E-state index in [1.807, 2.05) is 0 Å². The zero-order chi connectivity index (χ0) is 21.9. The molecule has 0 saturated heterocycles. The fraction of sp³-hybridized carbons (Fsp3) is 0.448. The fourth-order valence-electron chi connectivity index (χ4n) is 5.81. The lowest BCUT2D eigenvalue weighted by molar-refractivity contribution is 0.259. The van der Waals surface area contributed by atoms with Gasteiger partial charge in [0, 0.05) is 17.9 Å². The van der Waals surface area contributed by atoms with Gasteiger partial charge in [0.1, 0.15) is 0 Å². The third-order valence-corrected chi connectivity index (χ3v) is 12.8. The molecule has 0 N–H and O–H groups in total. The van der Waals surface area contributed by atoms with Gasteiger partial charge in [0.2, 0.25) is 0 Å². The summed E-state index contributed by atoms with van der Waals surface area (Å²) in [6.45, 7) is 10.4. The number of fused-ring (bicyclic) bond motifs is 3. The Balaban J connectivity index is 1.60. The molecule has 0 bridgehead atoms. The highest BCUT2D eigenvalue weighted by Gasteiger charge is 2.37. The van der Waals surface area contributed by atoms with Gasteiger partial charge in [-0.3, -0.25) is 0 Å². The van der Waals surface area contributed by atoms with Gasteiger partial charge < -0.3 is 4.43 Å². The lowest BCUT2D eigenvalue weighted by atomic mass is 9.67. The molecule has 0 heterocycles. The molecular formula is C29H38OSi. The fourth-order valence-corrected chi connectivity index (χ4v) is 8.50. The van der Waals surface area contributed by atoms with Gasteiger partial charge in [-0.1, -0.05) is 94.5 Å². The minimum absolute atomic E-state index is 0.0924. The van der Waals surface area contributed by atoms with E-state index in [1.165, 1.54) is 40.4 Å². The van der Waals surface area contributed by atoms with E-state index >= 15 is 0 Å². The summed E-state index contributed by atoms with van der Waals surface area (Å²) in [7, 11) is -1.51. The van der Waals surface area contributed by atoms with Gasteiger partial charge in [-0.15, -0.1) is 0 Å². The Kier molecular flexibility index (Phi) is 6.69. The number of rotatable bonds is 10. The Labute approximate surface area is 190 Å². The van der Waals surface area contributed by atoms with Crippen molar-refractivity contribution in [2.24, 2.45) is 5.92 Å². The van der Waals surface area contributed by atoms with Crippen molar-refractivity contribution in [2.45, 2.75) is 70.5 Å². The van der Waals surface area contributed by atoms with Crippen molar-refractivity contribution in [3.63, 3.8) is 0 Å². The lowest BCUT2D eigenvalue weighted by Crippen LogP contribution is -2.37. The monoisotopic (exact) mass is 430 g/mol. The lowest BCUT2D eigenvalue weighted by Gasteiger charge is -2.37. The van der Waals surface area contributed by atoms with Crippen molar-refractivity contribution in [1.29, 1.82) is 0 Å². The Hall–Kier alpha value is -1.90. The molecule has 2 aliphatic carbocycles. The first-order valence-corrected chi connectivity index (χ1v) is 14.8. The van der Waals surface area contributed by atoms with E-state index < -0.39 is 8.32 Å². The van der Waals surface area contributed by atoms with Crippen LogP contribution >= 0.6 is 0 Å². The van der Waals surface area contributed by atoms with Gasteiger partial charge in [-0.05, 0) is 65.2 Å². The van der Waals surface area contributed by atoms with Crippen LogP contribution in [0.3, 0.4) is 0 Å². The highest BCUT2D eigenvalue weighted by molar-refractivity contribution is 6.73. The van der Waals surface area contributed by atoms with Gasteiger partial charge in [0.25, 0.3) is 0 Å². The van der Waals surface area contributed by atoms with Crippen LogP contribution in [-0.4, -0.2) is 14.9 Å². The van der Waals surface area contributed by atoms with Gasteiger partial charge in [0.15, 0.2) is 8.32 Å². The van der Waals surface area contributed by atoms with E-state index in [-0.39, 0.29) is 5.41 Å². The van der Waals surface area contributed by atoms with Crippen LogP contribution in [-0.2, 0) is 16.3 Å². The molecular weight excluding hydrogens is 392 g/mol. The van der Waals surface area contributed by atoms with Crippen LogP contribution in [0, 0.1) is 5.92 Å². The second-order valence-corrected chi connectivity index (χ2v) is 14.4. The zero-order valence-corrected chi connectivity index (χ0v) is 20.8. The second kappa shape index (κ2) is 9.30. The maximum Gasteiger partial charge on any atom is 0.191 e. The number of hydrogen-bond acceptors (Lipinski definition) is 1. The molecule has 2 aromatic carbocycles. The molecule has 2 aromatic rings. The topological polar surface area (TPSA) is 9.23 Å². The third kappa shape index (κ3) is 4.13. The summed E-state index contributed by atoms with van der Waals surface area (Å²) < 4.78 is 6.62. The predicted octanol–water partition coefficient (Wildman–Crippen LogP) is 8.06. The van der Waals surface area contributed by atoms with Crippen LogP contribution in [0.2, 0.25) is 18.1 Å². The minimum atomic E-state index is -1.51. The Morgan fingerprint density at radius 3 is 2.29 bits per heavy atom. The molecule has 2 heteroatoms. The molecule has 0 spiro atoms. The van der Waals surface area contributed by atoms with Gasteiger partial charge in [0.05, 0.1) is 0 Å². The molecule has 31 heavy (non-hydrogen) atoms. The summed E-state index contributed by atoms with van der Waals surface area (Å²) in [5.74, 6) is 0.452. The first-order chi connectivity index (χ1) is 15.1. The molecule has 0 aliphatic heterocycles. The van der Waals surface area contributed by atoms with Crippen molar-refractivity contribution in [2.75, 3.05) is 6.61 Å². The summed E-state index contributed by atoms with van der Waals surface area (Å²) in [4.78, 5) is 0. The quantitative estimate of drug-likeness (QED) is 0.233. The van der Waals surface area contributed by atoms with Crippen LogP contribution in [0.15, 0.2) is 66.8 Å². The van der Waals surface area contributed by atoms with E-state index in [2.05, 4.69) is 94.5 Å². The maximum atomic E-state index is 6.62. The third-order valence-electron chi connectivity index (χ3n) is 8.13. The molecule has 1 atom stereocenters. The molecule has 4 rings (SSSR count). The normalized spacial score (nSPS) is 17.0. The standard InChI is InChI=1S/C29H38OSi/c1-5-31(6-2,7-3)30-21-13-20-29(4,24-15-9-10-16-24)28-19-12-18-26-25-17-11-8-14-23(25)22-27(26)28/h8-12,14-19,24H,5-7,13,20-22H2,1-4H3. The van der Waals surface area contributed by atoms with E-state index in [0.717, 1.165) is 25.9 Å². The first-order valence-electron chi connectivity index (χ1n) is 12.3. The highest BCUT2D eigenvalue weighted by Crippen LogP contribution is 2.47. The number of hydrogen-bond donors (Lipinski definition) is 0. The number of allylic oxidation sites excluding steroid dienone is 4. The van der Waals surface area contributed by atoms with Crippen molar-refractivity contribution in [1.82, 2.24) is 0 Å². The van der Waals surface area contributed by atoms with Crippen molar-refractivity contribution in [3.8, 4) is 11.1 Å². The van der Waals surface area contributed by atoms with Gasteiger partial charge >= 0.3 is 0 Å². The zero-order valence-electron chi connectivity index (χ0n) is 19.8. The Morgan fingerprint density at radius 1 is 0.903 bits per heavy atom. The average Bonchev–Trinajstić information content (AvgIpc) is 3.48. The van der Waals surface area contributed by atoms with Crippen LogP contribution < -0.4 is 0 Å². The highest BCUT2D eigenvalue weighted by atomic mass is 28.4. The summed E-state index contributed by atoms with van der Waals surface area (Å²) in [5, 5.41) is 0. The summed E-state index contributed by atoms with van der Waals surface area (Å²) in [5.41, 5.74) is 7.50. The van der Waals surface area contributed by atoms with E-state index in [4.69, 9.17) is 4.43 Å². The minimum Gasteiger partial charge on any atom is -0.417 e. The van der Waals surface area contributed by atoms with Gasteiger partial charge in [-0.2, -0.15) is 0 Å². The Morgan fingerprint density at radius 2 is 1.58 bits per heavy atom. The van der Waals surface area contributed by atoms with Crippen LogP contribution in [0.1, 0.15) is 57.2 Å². The summed E-state index contributed by atoms with van der Waals surface area (Å²) >= 11 is 0. The average molecular weight is 431 g/mol.